The summed E-state index contributed by atoms with van der Waals surface area (Å²) >= 11 is 0. The van der Waals surface area contributed by atoms with Gasteiger partial charge in [0.05, 0.1) is 13.7 Å². The van der Waals surface area contributed by atoms with Gasteiger partial charge in [-0.15, -0.1) is 6.42 Å². The van der Waals surface area contributed by atoms with E-state index in [0.29, 0.717) is 24.0 Å². The fourth-order valence-corrected chi connectivity index (χ4v) is 2.23. The number of aliphatic imine (C=N–C) groups is 1. The highest BCUT2D eigenvalue weighted by Gasteiger charge is 2.05. The summed E-state index contributed by atoms with van der Waals surface area (Å²) in [6.07, 6.45) is 5.24. The molecule has 2 rings (SSSR count). The maximum atomic E-state index is 5.97. The monoisotopic (exact) mass is 337 g/mol. The third-order valence-corrected chi connectivity index (χ3v) is 3.75. The van der Waals surface area contributed by atoms with E-state index in [1.807, 2.05) is 36.4 Å². The summed E-state index contributed by atoms with van der Waals surface area (Å²) in [5.74, 6) is 4.01. The highest BCUT2D eigenvalue weighted by molar-refractivity contribution is 5.92. The van der Waals surface area contributed by atoms with Crippen molar-refractivity contribution >= 4 is 11.6 Å². The van der Waals surface area contributed by atoms with Gasteiger partial charge in [-0.3, -0.25) is 0 Å². The summed E-state index contributed by atoms with van der Waals surface area (Å²) in [5.41, 5.74) is 10.3. The van der Waals surface area contributed by atoms with Crippen molar-refractivity contribution in [3.8, 4) is 23.8 Å². The Bertz CT molecular complexity index is 807. The number of nitrogens with one attached hydrogen (secondary N) is 1. The second-order valence-corrected chi connectivity index (χ2v) is 5.60. The first kappa shape index (κ1) is 18.2. The third-order valence-electron chi connectivity index (χ3n) is 3.75. The summed E-state index contributed by atoms with van der Waals surface area (Å²) in [4.78, 5) is 4.37. The van der Waals surface area contributed by atoms with Crippen LogP contribution in [0.3, 0.4) is 0 Å². The van der Waals surface area contributed by atoms with Crippen LogP contribution in [0.15, 0.2) is 41.4 Å². The number of methoxy groups -OCH3 is 1. The summed E-state index contributed by atoms with van der Waals surface area (Å²) in [7, 11) is 1.58. The van der Waals surface area contributed by atoms with Crippen molar-refractivity contribution in [1.29, 1.82) is 0 Å². The quantitative estimate of drug-likeness (QED) is 0.482. The second kappa shape index (κ2) is 8.65. The largest absolute Gasteiger partial charge is 0.493 e. The van der Waals surface area contributed by atoms with Crippen molar-refractivity contribution in [2.24, 2.45) is 10.7 Å². The minimum atomic E-state index is 0.180. The van der Waals surface area contributed by atoms with Crippen LogP contribution in [0.1, 0.15) is 16.7 Å². The third kappa shape index (κ3) is 5.18. The van der Waals surface area contributed by atoms with Gasteiger partial charge in [0.25, 0.3) is 0 Å². The summed E-state index contributed by atoms with van der Waals surface area (Å²) in [6.45, 7) is 4.72. The van der Waals surface area contributed by atoms with E-state index >= 15 is 0 Å². The topological polar surface area (TPSA) is 68.9 Å². The summed E-state index contributed by atoms with van der Waals surface area (Å²) in [6, 6.07) is 11.6. The molecule has 0 aliphatic rings. The van der Waals surface area contributed by atoms with E-state index in [0.717, 1.165) is 11.3 Å². The van der Waals surface area contributed by atoms with Gasteiger partial charge in [0, 0.05) is 5.69 Å². The first-order valence-corrected chi connectivity index (χ1v) is 7.91. The average Bonchev–Trinajstić information content (AvgIpc) is 2.61. The highest BCUT2D eigenvalue weighted by atomic mass is 16.5. The highest BCUT2D eigenvalue weighted by Crippen LogP contribution is 2.28. The van der Waals surface area contributed by atoms with Crippen LogP contribution in [-0.4, -0.2) is 19.7 Å². The van der Waals surface area contributed by atoms with Gasteiger partial charge in [-0.2, -0.15) is 0 Å². The van der Waals surface area contributed by atoms with Crippen LogP contribution in [0.2, 0.25) is 0 Å². The Morgan fingerprint density at radius 1 is 1.16 bits per heavy atom. The van der Waals surface area contributed by atoms with Gasteiger partial charge < -0.3 is 20.5 Å². The second-order valence-electron chi connectivity index (χ2n) is 5.60. The van der Waals surface area contributed by atoms with Gasteiger partial charge in [-0.1, -0.05) is 18.1 Å². The molecule has 0 saturated heterocycles. The Hall–Kier alpha value is -3.13. The van der Waals surface area contributed by atoms with Crippen molar-refractivity contribution in [3.05, 3.63) is 53.1 Å². The van der Waals surface area contributed by atoms with Crippen molar-refractivity contribution < 1.29 is 9.47 Å². The lowest BCUT2D eigenvalue weighted by atomic mass is 10.1. The number of anilines is 1. The lowest BCUT2D eigenvalue weighted by Crippen LogP contribution is -2.22. The molecular formula is C20H23N3O2. The number of nitrogens with zero attached hydrogens (tertiary/aromatic N) is 1. The van der Waals surface area contributed by atoms with Gasteiger partial charge >= 0.3 is 0 Å². The molecule has 0 heterocycles. The number of hydrogen-bond donors (Lipinski definition) is 2. The Balaban J connectivity index is 2.06. The van der Waals surface area contributed by atoms with Crippen LogP contribution < -0.4 is 20.5 Å². The molecule has 0 aromatic heterocycles. The Morgan fingerprint density at radius 3 is 2.64 bits per heavy atom. The number of terminal acetylenes is 1. The van der Waals surface area contributed by atoms with Crippen LogP contribution in [0.25, 0.3) is 0 Å². The van der Waals surface area contributed by atoms with Gasteiger partial charge in [-0.05, 0) is 54.8 Å². The van der Waals surface area contributed by atoms with Gasteiger partial charge in [0.15, 0.2) is 17.5 Å². The molecule has 0 bridgehead atoms. The van der Waals surface area contributed by atoms with E-state index in [1.54, 1.807) is 7.11 Å². The van der Waals surface area contributed by atoms with E-state index in [-0.39, 0.29) is 6.61 Å². The minimum absolute atomic E-state index is 0.180. The normalized spacial score (nSPS) is 10.9. The SMILES string of the molecule is C#CCOc1cc(CN=C(N)Nc2ccc(C)c(C)c2)ccc1OC. The molecule has 3 N–H and O–H groups in total. The number of hydrogen-bond acceptors (Lipinski definition) is 3. The van der Waals surface area contributed by atoms with Crippen molar-refractivity contribution in [1.82, 2.24) is 0 Å². The van der Waals surface area contributed by atoms with Crippen molar-refractivity contribution in [2.75, 3.05) is 19.0 Å². The molecule has 5 heteroatoms. The zero-order valence-corrected chi connectivity index (χ0v) is 14.8. The van der Waals surface area contributed by atoms with E-state index in [4.69, 9.17) is 21.6 Å². The zero-order valence-electron chi connectivity index (χ0n) is 14.8. The Labute approximate surface area is 148 Å². The van der Waals surface area contributed by atoms with Crippen molar-refractivity contribution in [2.45, 2.75) is 20.4 Å². The number of ether oxygens (including phenoxy) is 2. The summed E-state index contributed by atoms with van der Waals surface area (Å²) in [5, 5.41) is 3.10. The molecule has 0 unspecified atom stereocenters. The van der Waals surface area contributed by atoms with Crippen molar-refractivity contribution in [3.63, 3.8) is 0 Å². The number of rotatable bonds is 6. The predicted molar refractivity (Wildman–Crippen MR) is 102 cm³/mol. The fraction of sp³-hybridized carbons (Fsp3) is 0.250. The standard InChI is InChI=1S/C20H23N3O2/c1-5-10-25-19-12-16(7-9-18(19)24-4)13-22-20(21)23-17-8-6-14(2)15(3)11-17/h1,6-9,11-12H,10,13H2,2-4H3,(H3,21,22,23). The van der Waals surface area contributed by atoms with Gasteiger partial charge in [0.1, 0.15) is 6.61 Å². The minimum Gasteiger partial charge on any atom is -0.493 e. The van der Waals surface area contributed by atoms with Crippen LogP contribution in [0.4, 0.5) is 5.69 Å². The molecular weight excluding hydrogens is 314 g/mol. The van der Waals surface area contributed by atoms with Crippen LogP contribution in [0, 0.1) is 26.2 Å². The molecule has 0 aliphatic carbocycles. The predicted octanol–water partition coefficient (Wildman–Crippen LogP) is 3.25. The molecule has 0 amide bonds. The molecule has 0 radical (unpaired) electrons. The van der Waals surface area contributed by atoms with Gasteiger partial charge in [-0.25, -0.2) is 4.99 Å². The van der Waals surface area contributed by atoms with E-state index in [2.05, 4.69) is 30.1 Å². The molecule has 0 saturated carbocycles. The van der Waals surface area contributed by atoms with E-state index in [1.165, 1.54) is 11.1 Å². The Morgan fingerprint density at radius 2 is 1.96 bits per heavy atom. The molecule has 0 fully saturated rings. The first-order valence-electron chi connectivity index (χ1n) is 7.91. The number of benzene rings is 2. The maximum absolute atomic E-state index is 5.97. The molecule has 0 atom stereocenters. The average molecular weight is 337 g/mol. The number of nitrogens with two attached hydrogens (primary N) is 1. The van der Waals surface area contributed by atoms with E-state index in [9.17, 15) is 0 Å². The maximum Gasteiger partial charge on any atom is 0.193 e. The first-order chi connectivity index (χ1) is 12.0. The number of guanidine groups is 1. The smallest absolute Gasteiger partial charge is 0.193 e. The van der Waals surface area contributed by atoms with Crippen LogP contribution in [-0.2, 0) is 6.54 Å². The lowest BCUT2D eigenvalue weighted by Gasteiger charge is -2.11. The van der Waals surface area contributed by atoms with E-state index < -0.39 is 0 Å². The molecule has 2 aromatic rings. The Kier molecular flexibility index (Phi) is 6.30. The fourth-order valence-electron chi connectivity index (χ4n) is 2.23. The molecule has 0 aliphatic heterocycles. The van der Waals surface area contributed by atoms with Gasteiger partial charge in [0.2, 0.25) is 0 Å². The number of aryl methyl sites for hydroxylation is 2. The lowest BCUT2D eigenvalue weighted by molar-refractivity contribution is 0.330. The molecule has 25 heavy (non-hydrogen) atoms. The van der Waals surface area contributed by atoms with Crippen LogP contribution >= 0.6 is 0 Å². The molecule has 130 valence electrons. The van der Waals surface area contributed by atoms with Crippen LogP contribution in [0.5, 0.6) is 11.5 Å². The molecule has 0 spiro atoms. The molecule has 5 nitrogen and oxygen atoms in total. The molecule has 2 aromatic carbocycles. The summed E-state index contributed by atoms with van der Waals surface area (Å²) < 4.78 is 10.7. The zero-order chi connectivity index (χ0) is 18.2.